The van der Waals surface area contributed by atoms with Crippen LogP contribution in [-0.4, -0.2) is 0 Å². The average molecular weight is 250 g/mol. The summed E-state index contributed by atoms with van der Waals surface area (Å²) in [6.45, 7) is 14.4. The minimum Gasteiger partial charge on any atom is -0.0602 e. The summed E-state index contributed by atoms with van der Waals surface area (Å²) in [6, 6.07) is 0. The summed E-state index contributed by atoms with van der Waals surface area (Å²) in [5.41, 5.74) is 1.07. The van der Waals surface area contributed by atoms with Crippen LogP contribution in [0.4, 0.5) is 0 Å². The predicted octanol–water partition coefficient (Wildman–Crippen LogP) is 5.91. The van der Waals surface area contributed by atoms with Crippen LogP contribution in [0.3, 0.4) is 0 Å². The molecule has 2 saturated carbocycles. The van der Waals surface area contributed by atoms with E-state index in [0.29, 0.717) is 10.8 Å². The molecule has 0 spiro atoms. The maximum Gasteiger partial charge on any atom is -0.0380 e. The van der Waals surface area contributed by atoms with Crippen molar-refractivity contribution in [3.63, 3.8) is 0 Å². The first kappa shape index (κ1) is 14.4. The highest BCUT2D eigenvalue weighted by molar-refractivity contribution is 4.93. The van der Waals surface area contributed by atoms with E-state index in [1.165, 1.54) is 12.8 Å². The number of hydrogen-bond acceptors (Lipinski definition) is 0. The van der Waals surface area contributed by atoms with Gasteiger partial charge in [0.25, 0.3) is 0 Å². The molecule has 0 unspecified atom stereocenters. The predicted molar refractivity (Wildman–Crippen MR) is 80.6 cm³/mol. The molecule has 0 amide bonds. The van der Waals surface area contributed by atoms with Gasteiger partial charge in [-0.25, -0.2) is 0 Å². The van der Waals surface area contributed by atoms with Crippen LogP contribution in [0.15, 0.2) is 0 Å². The Bertz CT molecular complexity index is 233. The van der Waals surface area contributed by atoms with E-state index in [2.05, 4.69) is 41.5 Å². The summed E-state index contributed by atoms with van der Waals surface area (Å²) in [5, 5.41) is 0. The summed E-state index contributed by atoms with van der Waals surface area (Å²) < 4.78 is 0. The molecule has 0 aromatic carbocycles. The topological polar surface area (TPSA) is 0 Å². The first-order valence-electron chi connectivity index (χ1n) is 8.12. The Morgan fingerprint density at radius 2 is 0.889 bits per heavy atom. The van der Waals surface area contributed by atoms with Crippen LogP contribution in [0.5, 0.6) is 0 Å². The molecule has 18 heavy (non-hydrogen) atoms. The van der Waals surface area contributed by atoms with E-state index in [-0.39, 0.29) is 0 Å². The number of rotatable bonds is 2. The Balaban J connectivity index is 1.81. The van der Waals surface area contributed by atoms with E-state index in [1.807, 2.05) is 0 Å². The molecule has 0 nitrogen and oxygen atoms in total. The Morgan fingerprint density at radius 1 is 0.611 bits per heavy atom. The van der Waals surface area contributed by atoms with E-state index in [0.717, 1.165) is 23.7 Å². The second-order valence-electron chi connectivity index (χ2n) is 9.72. The van der Waals surface area contributed by atoms with Crippen molar-refractivity contribution in [2.45, 2.75) is 80.1 Å². The van der Waals surface area contributed by atoms with E-state index in [1.54, 1.807) is 25.7 Å². The zero-order chi connectivity index (χ0) is 13.6. The van der Waals surface area contributed by atoms with Crippen LogP contribution in [0.25, 0.3) is 0 Å². The van der Waals surface area contributed by atoms with Crippen LogP contribution in [0.2, 0.25) is 0 Å². The number of hydrogen-bond donors (Lipinski definition) is 0. The zero-order valence-electron chi connectivity index (χ0n) is 13.6. The Morgan fingerprint density at radius 3 is 1.11 bits per heavy atom. The highest BCUT2D eigenvalue weighted by atomic mass is 14.5. The smallest absolute Gasteiger partial charge is 0.0380 e. The zero-order valence-corrected chi connectivity index (χ0v) is 13.6. The van der Waals surface area contributed by atoms with Gasteiger partial charge >= 0.3 is 0 Å². The van der Waals surface area contributed by atoms with Gasteiger partial charge in [-0.15, -0.1) is 0 Å². The lowest BCUT2D eigenvalue weighted by Crippen LogP contribution is -2.14. The second kappa shape index (κ2) is 4.84. The summed E-state index contributed by atoms with van der Waals surface area (Å²) in [5.74, 6) is 4.25. The van der Waals surface area contributed by atoms with E-state index >= 15 is 0 Å². The van der Waals surface area contributed by atoms with Gasteiger partial charge in [-0.05, 0) is 73.0 Å². The normalized spacial score (nSPS) is 37.0. The van der Waals surface area contributed by atoms with Gasteiger partial charge in [0.1, 0.15) is 0 Å². The lowest BCUT2D eigenvalue weighted by atomic mass is 9.80. The molecular formula is C18H34. The van der Waals surface area contributed by atoms with Crippen LogP contribution >= 0.6 is 0 Å². The number of fused-ring (bicyclic) bond motifs is 1. The highest BCUT2D eigenvalue weighted by Crippen LogP contribution is 2.53. The SMILES string of the molecule is CC(C)(C)CC1CC2CC(CC(C)(C)C)CC2C1. The van der Waals surface area contributed by atoms with Crippen molar-refractivity contribution in [3.8, 4) is 0 Å². The van der Waals surface area contributed by atoms with Crippen molar-refractivity contribution in [3.05, 3.63) is 0 Å². The maximum absolute atomic E-state index is 2.41. The molecule has 0 heteroatoms. The first-order chi connectivity index (χ1) is 8.12. The van der Waals surface area contributed by atoms with Crippen LogP contribution < -0.4 is 0 Å². The molecule has 0 atom stereocenters. The largest absolute Gasteiger partial charge is 0.0602 e. The molecule has 0 aromatic heterocycles. The lowest BCUT2D eigenvalue weighted by molar-refractivity contribution is 0.257. The van der Waals surface area contributed by atoms with Crippen molar-refractivity contribution in [1.29, 1.82) is 0 Å². The van der Waals surface area contributed by atoms with Crippen molar-refractivity contribution < 1.29 is 0 Å². The summed E-state index contributed by atoms with van der Waals surface area (Å²) >= 11 is 0. The maximum atomic E-state index is 2.41. The fraction of sp³-hybridized carbons (Fsp3) is 1.00. The Kier molecular flexibility index (Phi) is 3.87. The Hall–Kier alpha value is 0. The van der Waals surface area contributed by atoms with Gasteiger partial charge in [-0.3, -0.25) is 0 Å². The quantitative estimate of drug-likeness (QED) is 0.571. The fourth-order valence-corrected chi connectivity index (χ4v) is 4.93. The fourth-order valence-electron chi connectivity index (χ4n) is 4.93. The van der Waals surface area contributed by atoms with Gasteiger partial charge in [-0.2, -0.15) is 0 Å². The second-order valence-corrected chi connectivity index (χ2v) is 9.72. The van der Waals surface area contributed by atoms with Crippen molar-refractivity contribution in [1.82, 2.24) is 0 Å². The van der Waals surface area contributed by atoms with Gasteiger partial charge in [0.05, 0.1) is 0 Å². The van der Waals surface area contributed by atoms with Crippen molar-refractivity contribution in [2.75, 3.05) is 0 Å². The molecule has 2 fully saturated rings. The molecule has 0 heterocycles. The molecule has 0 saturated heterocycles. The molecule has 0 aliphatic heterocycles. The minimum atomic E-state index is 0.536. The summed E-state index contributed by atoms with van der Waals surface area (Å²) in [7, 11) is 0. The standard InChI is InChI=1S/C18H34/c1-17(2,3)11-13-7-15-9-14(10-16(15)8-13)12-18(4,5)6/h13-16H,7-12H2,1-6H3. The third-order valence-corrected chi connectivity index (χ3v) is 5.01. The molecule has 0 aromatic rings. The van der Waals surface area contributed by atoms with Crippen molar-refractivity contribution in [2.24, 2.45) is 34.5 Å². The van der Waals surface area contributed by atoms with Crippen LogP contribution in [0.1, 0.15) is 80.1 Å². The third kappa shape index (κ3) is 4.00. The van der Waals surface area contributed by atoms with Crippen LogP contribution in [0, 0.1) is 34.5 Å². The van der Waals surface area contributed by atoms with Gasteiger partial charge < -0.3 is 0 Å². The van der Waals surface area contributed by atoms with Gasteiger partial charge in [0.15, 0.2) is 0 Å². The molecule has 2 aliphatic rings. The highest BCUT2D eigenvalue weighted by Gasteiger charge is 2.42. The first-order valence-corrected chi connectivity index (χ1v) is 8.12. The molecule has 106 valence electrons. The van der Waals surface area contributed by atoms with Gasteiger partial charge in [-0.1, -0.05) is 41.5 Å². The van der Waals surface area contributed by atoms with Gasteiger partial charge in [0, 0.05) is 0 Å². The Labute approximate surface area is 115 Å². The molecule has 0 radical (unpaired) electrons. The third-order valence-electron chi connectivity index (χ3n) is 5.01. The summed E-state index contributed by atoms with van der Waals surface area (Å²) in [4.78, 5) is 0. The molecular weight excluding hydrogens is 216 g/mol. The molecule has 0 N–H and O–H groups in total. The van der Waals surface area contributed by atoms with Gasteiger partial charge in [0.2, 0.25) is 0 Å². The van der Waals surface area contributed by atoms with E-state index in [4.69, 9.17) is 0 Å². The van der Waals surface area contributed by atoms with Crippen molar-refractivity contribution >= 4 is 0 Å². The monoisotopic (exact) mass is 250 g/mol. The van der Waals surface area contributed by atoms with Crippen LogP contribution in [-0.2, 0) is 0 Å². The van der Waals surface area contributed by atoms with E-state index < -0.39 is 0 Å². The lowest BCUT2D eigenvalue weighted by Gasteiger charge is -2.26. The molecule has 0 bridgehead atoms. The minimum absolute atomic E-state index is 0.536. The average Bonchev–Trinajstić information content (AvgIpc) is 2.53. The molecule has 2 rings (SSSR count). The van der Waals surface area contributed by atoms with E-state index in [9.17, 15) is 0 Å². The molecule has 2 aliphatic carbocycles. The summed E-state index contributed by atoms with van der Waals surface area (Å²) in [6.07, 6.45) is 9.07.